The summed E-state index contributed by atoms with van der Waals surface area (Å²) >= 11 is 0. The molecule has 164 valence electrons. The van der Waals surface area contributed by atoms with Crippen LogP contribution in [0.25, 0.3) is 0 Å². The number of anilines is 2. The molecule has 1 saturated heterocycles. The summed E-state index contributed by atoms with van der Waals surface area (Å²) in [6, 6.07) is 6.43. The van der Waals surface area contributed by atoms with E-state index in [1.54, 1.807) is 31.2 Å². The van der Waals surface area contributed by atoms with Crippen LogP contribution in [0.5, 0.6) is 5.75 Å². The van der Waals surface area contributed by atoms with Gasteiger partial charge in [0, 0.05) is 17.8 Å². The average molecular weight is 446 g/mol. The van der Waals surface area contributed by atoms with Crippen LogP contribution >= 0.6 is 0 Å². The van der Waals surface area contributed by atoms with Crippen LogP contribution in [0.2, 0.25) is 0 Å². The predicted octanol–water partition coefficient (Wildman–Crippen LogP) is 1.31. The number of amidine groups is 1. The van der Waals surface area contributed by atoms with Crippen LogP contribution in [0.15, 0.2) is 33.5 Å². The van der Waals surface area contributed by atoms with Gasteiger partial charge in [-0.15, -0.1) is 4.40 Å². The predicted molar refractivity (Wildman–Crippen MR) is 117 cm³/mol. The van der Waals surface area contributed by atoms with Crippen LogP contribution in [0.1, 0.15) is 40.9 Å². The molecule has 4 rings (SSSR count). The van der Waals surface area contributed by atoms with Gasteiger partial charge in [-0.3, -0.25) is 14.3 Å². The van der Waals surface area contributed by atoms with Gasteiger partial charge in [0.25, 0.3) is 5.56 Å². The van der Waals surface area contributed by atoms with Gasteiger partial charge in [0.2, 0.25) is 0 Å². The van der Waals surface area contributed by atoms with Crippen LogP contribution in [0, 0.1) is 6.92 Å². The van der Waals surface area contributed by atoms with Crippen LogP contribution in [-0.2, 0) is 10.2 Å². The number of H-pyrrole nitrogens is 1. The lowest BCUT2D eigenvalue weighted by atomic mass is 10.0. The molecule has 0 unspecified atom stereocenters. The molecule has 10 nitrogen and oxygen atoms in total. The van der Waals surface area contributed by atoms with Crippen molar-refractivity contribution in [1.82, 2.24) is 4.98 Å². The molecule has 0 saturated carbocycles. The van der Waals surface area contributed by atoms with Gasteiger partial charge in [-0.1, -0.05) is 6.07 Å². The number of aldehydes is 1. The topological polar surface area (TPSA) is 147 Å². The van der Waals surface area contributed by atoms with E-state index in [1.165, 1.54) is 0 Å². The van der Waals surface area contributed by atoms with Gasteiger partial charge < -0.3 is 20.4 Å². The average Bonchev–Trinajstić information content (AvgIpc) is 2.71. The van der Waals surface area contributed by atoms with E-state index in [0.717, 1.165) is 19.3 Å². The number of nitrogens with one attached hydrogen (secondary N) is 2. The van der Waals surface area contributed by atoms with Crippen LogP contribution in [-0.4, -0.2) is 44.7 Å². The van der Waals surface area contributed by atoms with Gasteiger partial charge in [-0.25, -0.2) is 0 Å². The standard InChI is InChI=1S/C20H23N5O5S/c1-12-9-13(10-26)18(20(27)22-12)25-8-3-2-5-14(25)11-30-16-7-4-6-15-17(16)19(21)24-31(28,29)23-15/h4,6-7,9-10,14,23H,2-3,5,8,11H2,1H3,(H2,21,24)(H,22,27)/t14-/m1/s1. The molecular weight excluding hydrogens is 422 g/mol. The highest BCUT2D eigenvalue weighted by molar-refractivity contribution is 7.91. The lowest BCUT2D eigenvalue weighted by molar-refractivity contribution is 0.112. The molecule has 31 heavy (non-hydrogen) atoms. The highest BCUT2D eigenvalue weighted by Crippen LogP contribution is 2.32. The molecule has 0 bridgehead atoms. The van der Waals surface area contributed by atoms with Crippen molar-refractivity contribution >= 4 is 33.7 Å². The van der Waals surface area contributed by atoms with E-state index >= 15 is 0 Å². The summed E-state index contributed by atoms with van der Waals surface area (Å²) < 4.78 is 35.4. The summed E-state index contributed by atoms with van der Waals surface area (Å²) in [5.74, 6) is 0.239. The fourth-order valence-electron chi connectivity index (χ4n) is 4.08. The number of fused-ring (bicyclic) bond motifs is 1. The van der Waals surface area contributed by atoms with Crippen molar-refractivity contribution in [3.63, 3.8) is 0 Å². The van der Waals surface area contributed by atoms with Gasteiger partial charge in [-0.2, -0.15) is 8.42 Å². The number of nitrogens with two attached hydrogens (primary N) is 1. The summed E-state index contributed by atoms with van der Waals surface area (Å²) in [5.41, 5.74) is 7.55. The van der Waals surface area contributed by atoms with Gasteiger partial charge in [0.1, 0.15) is 18.0 Å². The van der Waals surface area contributed by atoms with Crippen molar-refractivity contribution < 1.29 is 17.9 Å². The highest BCUT2D eigenvalue weighted by atomic mass is 32.2. The van der Waals surface area contributed by atoms with Crippen LogP contribution < -0.4 is 25.7 Å². The van der Waals surface area contributed by atoms with Gasteiger partial charge in [0.15, 0.2) is 12.1 Å². The third-order valence-corrected chi connectivity index (χ3v) is 6.30. The number of piperidine rings is 1. The Labute approximate surface area is 179 Å². The Balaban J connectivity index is 1.62. The van der Waals surface area contributed by atoms with Crippen LogP contribution in [0.3, 0.4) is 0 Å². The maximum atomic E-state index is 12.6. The molecule has 1 fully saturated rings. The Hall–Kier alpha value is -3.34. The van der Waals surface area contributed by atoms with Gasteiger partial charge >= 0.3 is 10.2 Å². The fraction of sp³-hybridized carbons (Fsp3) is 0.350. The van der Waals surface area contributed by atoms with E-state index in [1.807, 2.05) is 4.90 Å². The lowest BCUT2D eigenvalue weighted by Gasteiger charge is -2.37. The second-order valence-corrected chi connectivity index (χ2v) is 8.93. The lowest BCUT2D eigenvalue weighted by Crippen LogP contribution is -2.46. The number of aromatic amines is 1. The first-order chi connectivity index (χ1) is 14.8. The quantitative estimate of drug-likeness (QED) is 0.588. The Bertz CT molecular complexity index is 1220. The minimum atomic E-state index is -3.88. The molecule has 0 aliphatic carbocycles. The smallest absolute Gasteiger partial charge is 0.344 e. The zero-order valence-electron chi connectivity index (χ0n) is 16.9. The number of hydrogen-bond donors (Lipinski definition) is 3. The molecule has 2 aromatic rings. The molecule has 0 radical (unpaired) electrons. The van der Waals surface area contributed by atoms with E-state index in [9.17, 15) is 18.0 Å². The molecule has 0 spiro atoms. The maximum Gasteiger partial charge on any atom is 0.344 e. The molecule has 3 heterocycles. The first-order valence-electron chi connectivity index (χ1n) is 9.89. The monoisotopic (exact) mass is 445 g/mol. The number of aromatic nitrogens is 1. The van der Waals surface area contributed by atoms with E-state index in [2.05, 4.69) is 14.1 Å². The molecule has 0 amide bonds. The van der Waals surface area contributed by atoms with E-state index in [-0.39, 0.29) is 24.0 Å². The normalized spacial score (nSPS) is 19.7. The Morgan fingerprint density at radius 1 is 1.35 bits per heavy atom. The highest BCUT2D eigenvalue weighted by Gasteiger charge is 2.29. The largest absolute Gasteiger partial charge is 0.491 e. The zero-order chi connectivity index (χ0) is 22.2. The van der Waals surface area contributed by atoms with Crippen molar-refractivity contribution in [2.24, 2.45) is 10.1 Å². The Morgan fingerprint density at radius 3 is 2.94 bits per heavy atom. The second-order valence-electron chi connectivity index (χ2n) is 7.59. The third kappa shape index (κ3) is 4.13. The number of hydrogen-bond acceptors (Lipinski definition) is 7. The van der Waals surface area contributed by atoms with Crippen molar-refractivity contribution in [2.75, 3.05) is 22.8 Å². The number of carbonyl (C=O) groups excluding carboxylic acids is 1. The minimum absolute atomic E-state index is 0.148. The fourth-order valence-corrected chi connectivity index (χ4v) is 4.93. The number of carbonyl (C=O) groups is 1. The molecule has 2 aliphatic rings. The molecule has 1 aromatic heterocycles. The number of ether oxygens (including phenoxy) is 1. The summed E-state index contributed by atoms with van der Waals surface area (Å²) in [7, 11) is -3.88. The summed E-state index contributed by atoms with van der Waals surface area (Å²) in [5, 5.41) is 0. The third-order valence-electron chi connectivity index (χ3n) is 5.38. The SMILES string of the molecule is Cc1cc(C=O)c(N2CCCC[C@@H]2COc2cccc3c2C(N)=NS(=O)(=O)N3)c(=O)[nH]1. The van der Waals surface area contributed by atoms with Gasteiger partial charge in [-0.05, 0) is 44.4 Å². The second kappa shape index (κ2) is 8.06. The van der Waals surface area contributed by atoms with E-state index < -0.39 is 10.2 Å². The molecule has 1 aromatic carbocycles. The van der Waals surface area contributed by atoms with E-state index in [4.69, 9.17) is 10.5 Å². The first kappa shape index (κ1) is 20.9. The maximum absolute atomic E-state index is 12.6. The van der Waals surface area contributed by atoms with Crippen molar-refractivity contribution in [3.8, 4) is 5.75 Å². The number of nitrogens with zero attached hydrogens (tertiary/aromatic N) is 2. The number of benzene rings is 1. The summed E-state index contributed by atoms with van der Waals surface area (Å²) in [4.78, 5) is 28.9. The molecule has 1 atom stereocenters. The minimum Gasteiger partial charge on any atom is -0.491 e. The zero-order valence-corrected chi connectivity index (χ0v) is 17.7. The first-order valence-corrected chi connectivity index (χ1v) is 11.3. The molecule has 11 heteroatoms. The summed E-state index contributed by atoms with van der Waals surface area (Å²) in [6.07, 6.45) is 3.32. The molecule has 4 N–H and O–H groups in total. The van der Waals surface area contributed by atoms with E-state index in [0.29, 0.717) is 46.8 Å². The number of pyridine rings is 1. The number of aryl methyl sites for hydroxylation is 1. The Morgan fingerprint density at radius 2 is 2.16 bits per heavy atom. The molecule has 2 aliphatic heterocycles. The van der Waals surface area contributed by atoms with Crippen molar-refractivity contribution in [3.05, 3.63) is 51.4 Å². The molecular formula is C20H23N5O5S. The Kier molecular flexibility index (Phi) is 5.44. The van der Waals surface area contributed by atoms with Crippen molar-refractivity contribution in [1.29, 1.82) is 0 Å². The summed E-state index contributed by atoms with van der Waals surface area (Å²) in [6.45, 7) is 2.58. The number of rotatable bonds is 5. The van der Waals surface area contributed by atoms with Crippen LogP contribution in [0.4, 0.5) is 11.4 Å². The van der Waals surface area contributed by atoms with Crippen molar-refractivity contribution in [2.45, 2.75) is 32.2 Å². The van der Waals surface area contributed by atoms with Gasteiger partial charge in [0.05, 0.1) is 17.3 Å².